The van der Waals surface area contributed by atoms with Crippen LogP contribution in [0.1, 0.15) is 32.1 Å². The van der Waals surface area contributed by atoms with Crippen molar-refractivity contribution in [1.82, 2.24) is 10.3 Å². The molecule has 1 heterocycles. The van der Waals surface area contributed by atoms with Crippen molar-refractivity contribution in [1.29, 1.82) is 0 Å². The molecule has 0 unspecified atom stereocenters. The second-order valence-electron chi connectivity index (χ2n) is 4.69. The predicted octanol–water partition coefficient (Wildman–Crippen LogP) is 1.70. The van der Waals surface area contributed by atoms with Crippen LogP contribution in [-0.4, -0.2) is 23.0 Å². The molecule has 104 valence electrons. The summed E-state index contributed by atoms with van der Waals surface area (Å²) in [5, 5.41) is 7.83. The number of rotatable bonds is 3. The molecule has 1 fully saturated rings. The highest BCUT2D eigenvalue weighted by Crippen LogP contribution is 2.23. The lowest BCUT2D eigenvalue weighted by Gasteiger charge is -2.23. The van der Waals surface area contributed by atoms with E-state index in [1.54, 1.807) is 11.6 Å². The maximum absolute atomic E-state index is 11.9. The van der Waals surface area contributed by atoms with E-state index in [2.05, 4.69) is 15.6 Å². The van der Waals surface area contributed by atoms with Crippen LogP contribution in [0.4, 0.5) is 9.93 Å². The molecule has 4 N–H and O–H groups in total. The third kappa shape index (κ3) is 3.92. The largest absolute Gasteiger partial charge is 0.369 e. The van der Waals surface area contributed by atoms with E-state index in [4.69, 9.17) is 5.73 Å². The summed E-state index contributed by atoms with van der Waals surface area (Å²) in [5.74, 6) is -0.606. The van der Waals surface area contributed by atoms with E-state index in [-0.39, 0.29) is 23.9 Å². The average Bonchev–Trinajstić information content (AvgIpc) is 2.73. The molecular formula is C12H18N4O2S. The van der Waals surface area contributed by atoms with Crippen molar-refractivity contribution >= 4 is 28.4 Å². The summed E-state index contributed by atoms with van der Waals surface area (Å²) in [5.41, 5.74) is 5.42. The van der Waals surface area contributed by atoms with E-state index < -0.39 is 0 Å². The Bertz CT molecular complexity index is 435. The molecular weight excluding hydrogens is 264 g/mol. The number of primary amides is 1. The number of hydrogen-bond donors (Lipinski definition) is 3. The Morgan fingerprint density at radius 2 is 2.11 bits per heavy atom. The first kappa shape index (κ1) is 13.8. The topological polar surface area (TPSA) is 97.1 Å². The zero-order valence-corrected chi connectivity index (χ0v) is 11.4. The predicted molar refractivity (Wildman–Crippen MR) is 73.8 cm³/mol. The summed E-state index contributed by atoms with van der Waals surface area (Å²) < 4.78 is 0. The fourth-order valence-corrected chi connectivity index (χ4v) is 2.93. The lowest BCUT2D eigenvalue weighted by molar-refractivity contribution is -0.122. The molecule has 0 aliphatic heterocycles. The summed E-state index contributed by atoms with van der Waals surface area (Å²) in [6, 6.07) is -0.506. The van der Waals surface area contributed by atoms with Gasteiger partial charge in [-0.2, -0.15) is 0 Å². The molecule has 2 atom stereocenters. The van der Waals surface area contributed by atoms with Crippen LogP contribution in [-0.2, 0) is 4.79 Å². The highest BCUT2D eigenvalue weighted by atomic mass is 32.1. The molecule has 2 rings (SSSR count). The van der Waals surface area contributed by atoms with Crippen molar-refractivity contribution in [2.75, 3.05) is 5.32 Å². The van der Waals surface area contributed by atoms with Gasteiger partial charge in [-0.3, -0.25) is 10.1 Å². The lowest BCUT2D eigenvalue weighted by Crippen LogP contribution is -2.46. The first-order valence-electron chi connectivity index (χ1n) is 6.43. The average molecular weight is 282 g/mol. The maximum Gasteiger partial charge on any atom is 0.321 e. The van der Waals surface area contributed by atoms with Crippen LogP contribution in [0.2, 0.25) is 0 Å². The number of nitrogens with zero attached hydrogens (tertiary/aromatic N) is 1. The zero-order chi connectivity index (χ0) is 13.7. The van der Waals surface area contributed by atoms with E-state index in [9.17, 15) is 9.59 Å². The molecule has 0 saturated heterocycles. The lowest BCUT2D eigenvalue weighted by atomic mass is 9.94. The smallest absolute Gasteiger partial charge is 0.321 e. The number of carbonyl (C=O) groups excluding carboxylic acids is 2. The van der Waals surface area contributed by atoms with Crippen LogP contribution in [0.5, 0.6) is 0 Å². The third-order valence-corrected chi connectivity index (χ3v) is 4.04. The van der Waals surface area contributed by atoms with E-state index in [0.29, 0.717) is 5.13 Å². The number of anilines is 1. The number of amides is 3. The fraction of sp³-hybridized carbons (Fsp3) is 0.583. The number of nitrogens with one attached hydrogen (secondary N) is 2. The Hall–Kier alpha value is -1.63. The minimum Gasteiger partial charge on any atom is -0.369 e. The molecule has 1 aromatic heterocycles. The molecule has 3 amide bonds. The quantitative estimate of drug-likeness (QED) is 0.736. The molecule has 1 saturated carbocycles. The van der Waals surface area contributed by atoms with Crippen molar-refractivity contribution in [3.63, 3.8) is 0 Å². The van der Waals surface area contributed by atoms with Gasteiger partial charge in [0.05, 0.1) is 5.92 Å². The Morgan fingerprint density at radius 3 is 2.79 bits per heavy atom. The van der Waals surface area contributed by atoms with Crippen LogP contribution in [0.25, 0.3) is 0 Å². The minimum atomic E-state index is -0.332. The molecule has 7 heteroatoms. The molecule has 0 spiro atoms. The fourth-order valence-electron chi connectivity index (χ4n) is 2.41. The number of carbonyl (C=O) groups is 2. The van der Waals surface area contributed by atoms with Gasteiger partial charge < -0.3 is 11.1 Å². The SMILES string of the molecule is NC(=O)[C@@H]1CCCCC[C@@H]1NC(=O)Nc1nccs1. The van der Waals surface area contributed by atoms with E-state index >= 15 is 0 Å². The van der Waals surface area contributed by atoms with Gasteiger partial charge in [0, 0.05) is 17.6 Å². The molecule has 0 radical (unpaired) electrons. The van der Waals surface area contributed by atoms with Crippen LogP contribution in [0.15, 0.2) is 11.6 Å². The van der Waals surface area contributed by atoms with Gasteiger partial charge in [0.15, 0.2) is 5.13 Å². The molecule has 0 aromatic carbocycles. The standard InChI is InChI=1S/C12H18N4O2S/c13-10(17)8-4-2-1-3-5-9(8)15-11(18)16-12-14-6-7-19-12/h6-9H,1-5H2,(H2,13,17)(H2,14,15,16,18)/t8-,9+/m1/s1. The second kappa shape index (κ2) is 6.51. The minimum absolute atomic E-state index is 0.181. The van der Waals surface area contributed by atoms with Gasteiger partial charge in [0.2, 0.25) is 5.91 Å². The molecule has 19 heavy (non-hydrogen) atoms. The van der Waals surface area contributed by atoms with E-state index in [1.807, 2.05) is 0 Å². The number of thiazole rings is 1. The molecule has 1 aromatic rings. The van der Waals surface area contributed by atoms with Gasteiger partial charge in [-0.25, -0.2) is 9.78 Å². The van der Waals surface area contributed by atoms with Gasteiger partial charge in [-0.1, -0.05) is 19.3 Å². The van der Waals surface area contributed by atoms with Crippen LogP contribution < -0.4 is 16.4 Å². The normalized spacial score (nSPS) is 23.4. The molecule has 6 nitrogen and oxygen atoms in total. The van der Waals surface area contributed by atoms with Gasteiger partial charge in [-0.15, -0.1) is 11.3 Å². The zero-order valence-electron chi connectivity index (χ0n) is 10.6. The summed E-state index contributed by atoms with van der Waals surface area (Å²) in [4.78, 5) is 27.3. The van der Waals surface area contributed by atoms with E-state index in [0.717, 1.165) is 32.1 Å². The van der Waals surface area contributed by atoms with Crippen LogP contribution in [0.3, 0.4) is 0 Å². The van der Waals surface area contributed by atoms with Crippen molar-refractivity contribution in [2.45, 2.75) is 38.1 Å². The van der Waals surface area contributed by atoms with E-state index in [1.165, 1.54) is 11.3 Å². The maximum atomic E-state index is 11.9. The Labute approximate surface area is 115 Å². The van der Waals surface area contributed by atoms with Crippen molar-refractivity contribution < 1.29 is 9.59 Å². The molecule has 1 aliphatic rings. The van der Waals surface area contributed by atoms with Gasteiger partial charge in [0.1, 0.15) is 0 Å². The Kier molecular flexibility index (Phi) is 4.73. The van der Waals surface area contributed by atoms with Gasteiger partial charge in [-0.05, 0) is 12.8 Å². The number of aromatic nitrogens is 1. The van der Waals surface area contributed by atoms with Gasteiger partial charge >= 0.3 is 6.03 Å². The van der Waals surface area contributed by atoms with Crippen molar-refractivity contribution in [2.24, 2.45) is 11.7 Å². The Morgan fingerprint density at radius 1 is 1.32 bits per heavy atom. The molecule has 1 aliphatic carbocycles. The highest BCUT2D eigenvalue weighted by molar-refractivity contribution is 7.13. The monoisotopic (exact) mass is 282 g/mol. The summed E-state index contributed by atoms with van der Waals surface area (Å²) in [7, 11) is 0. The van der Waals surface area contributed by atoms with Crippen molar-refractivity contribution in [3.8, 4) is 0 Å². The third-order valence-electron chi connectivity index (χ3n) is 3.35. The number of urea groups is 1. The second-order valence-corrected chi connectivity index (χ2v) is 5.58. The van der Waals surface area contributed by atoms with Gasteiger partial charge in [0.25, 0.3) is 0 Å². The summed E-state index contributed by atoms with van der Waals surface area (Å²) in [6.45, 7) is 0. The summed E-state index contributed by atoms with van der Waals surface area (Å²) >= 11 is 1.35. The summed E-state index contributed by atoms with van der Waals surface area (Å²) in [6.07, 6.45) is 6.23. The van der Waals surface area contributed by atoms with Crippen LogP contribution >= 0.6 is 11.3 Å². The van der Waals surface area contributed by atoms with Crippen LogP contribution in [0, 0.1) is 5.92 Å². The molecule has 0 bridgehead atoms. The first-order chi connectivity index (χ1) is 9.16. The Balaban J connectivity index is 1.94. The number of hydrogen-bond acceptors (Lipinski definition) is 4. The first-order valence-corrected chi connectivity index (χ1v) is 7.31. The van der Waals surface area contributed by atoms with Crippen molar-refractivity contribution in [3.05, 3.63) is 11.6 Å². The highest BCUT2D eigenvalue weighted by Gasteiger charge is 2.29. The number of nitrogens with two attached hydrogens (primary N) is 1.